The van der Waals surface area contributed by atoms with Gasteiger partial charge in [0.2, 0.25) is 0 Å². The number of thiazole rings is 1. The number of carbonyl (C=O) groups excluding carboxylic acids is 3. The van der Waals surface area contributed by atoms with Crippen molar-refractivity contribution in [3.05, 3.63) is 58.4 Å². The van der Waals surface area contributed by atoms with Crippen molar-refractivity contribution in [1.29, 1.82) is 0 Å². The van der Waals surface area contributed by atoms with Gasteiger partial charge < -0.3 is 10.1 Å². The number of hydrogen-bond acceptors (Lipinski definition) is 7. The molecule has 2 aromatic heterocycles. The summed E-state index contributed by atoms with van der Waals surface area (Å²) < 4.78 is 5.22. The van der Waals surface area contributed by atoms with E-state index in [1.165, 1.54) is 25.2 Å². The second-order valence-electron chi connectivity index (χ2n) is 6.02. The van der Waals surface area contributed by atoms with Gasteiger partial charge in [-0.25, -0.2) is 4.98 Å². The number of ketones is 1. The van der Waals surface area contributed by atoms with E-state index in [1.54, 1.807) is 35.6 Å². The van der Waals surface area contributed by atoms with Gasteiger partial charge in [-0.3, -0.25) is 14.4 Å². The van der Waals surface area contributed by atoms with Crippen molar-refractivity contribution in [3.63, 3.8) is 0 Å². The Bertz CT molecular complexity index is 995. The minimum absolute atomic E-state index is 0.0104. The summed E-state index contributed by atoms with van der Waals surface area (Å²) >= 11 is 3.04. The summed E-state index contributed by atoms with van der Waals surface area (Å²) in [5.41, 5.74) is 1.40. The predicted octanol–water partition coefficient (Wildman–Crippen LogP) is 4.19. The summed E-state index contributed by atoms with van der Waals surface area (Å²) in [6.07, 6.45) is -1.01. The van der Waals surface area contributed by atoms with Crippen molar-refractivity contribution >= 4 is 46.0 Å². The number of anilines is 1. The second-order valence-corrected chi connectivity index (χ2v) is 7.83. The van der Waals surface area contributed by atoms with Crippen LogP contribution < -0.4 is 5.32 Å². The Morgan fingerprint density at radius 1 is 1.14 bits per heavy atom. The number of ether oxygens (including phenoxy) is 1. The standard InChI is InChI=1S/C20H18N2O4S2/c1-12(23)15-6-3-4-7-16(15)22-19(25)13(2)26-18(24)10-14-11-28-20(21-14)17-8-5-9-27-17/h3-9,11,13H,10H2,1-2H3,(H,22,25). The minimum Gasteiger partial charge on any atom is -0.452 e. The van der Waals surface area contributed by atoms with Crippen molar-refractivity contribution in [1.82, 2.24) is 4.98 Å². The molecule has 144 valence electrons. The van der Waals surface area contributed by atoms with Gasteiger partial charge in [0.05, 0.1) is 22.7 Å². The molecular formula is C20H18N2O4S2. The van der Waals surface area contributed by atoms with E-state index in [9.17, 15) is 14.4 Å². The van der Waals surface area contributed by atoms with Crippen molar-refractivity contribution < 1.29 is 19.1 Å². The van der Waals surface area contributed by atoms with Crippen LogP contribution in [0.2, 0.25) is 0 Å². The molecule has 8 heteroatoms. The second kappa shape index (κ2) is 8.90. The molecule has 1 N–H and O–H groups in total. The van der Waals surface area contributed by atoms with E-state index in [2.05, 4.69) is 10.3 Å². The largest absolute Gasteiger partial charge is 0.452 e. The summed E-state index contributed by atoms with van der Waals surface area (Å²) in [4.78, 5) is 41.6. The number of carbonyl (C=O) groups is 3. The third-order valence-electron chi connectivity index (χ3n) is 3.85. The Labute approximate surface area is 170 Å². The van der Waals surface area contributed by atoms with Crippen molar-refractivity contribution in [2.24, 2.45) is 0 Å². The highest BCUT2D eigenvalue weighted by molar-refractivity contribution is 7.20. The molecule has 3 rings (SSSR count). The van der Waals surface area contributed by atoms with Gasteiger partial charge in [-0.15, -0.1) is 22.7 Å². The third-order valence-corrected chi connectivity index (χ3v) is 5.78. The van der Waals surface area contributed by atoms with Gasteiger partial charge in [0.25, 0.3) is 5.91 Å². The molecule has 0 saturated heterocycles. The first kappa shape index (κ1) is 19.9. The molecule has 1 atom stereocenters. The average Bonchev–Trinajstić information content (AvgIpc) is 3.33. The molecule has 0 aliphatic heterocycles. The Hall–Kier alpha value is -2.84. The molecule has 6 nitrogen and oxygen atoms in total. The molecule has 0 spiro atoms. The van der Waals surface area contributed by atoms with Crippen molar-refractivity contribution in [3.8, 4) is 9.88 Å². The van der Waals surface area contributed by atoms with E-state index in [4.69, 9.17) is 4.74 Å². The normalized spacial score (nSPS) is 11.6. The van der Waals surface area contributed by atoms with Crippen LogP contribution in [0.4, 0.5) is 5.69 Å². The van der Waals surface area contributed by atoms with E-state index in [0.717, 1.165) is 9.88 Å². The number of rotatable bonds is 7. The van der Waals surface area contributed by atoms with Crippen LogP contribution in [0.15, 0.2) is 47.2 Å². The van der Waals surface area contributed by atoms with Crippen molar-refractivity contribution in [2.45, 2.75) is 26.4 Å². The quantitative estimate of drug-likeness (QED) is 0.463. The maximum absolute atomic E-state index is 12.3. The topological polar surface area (TPSA) is 85.4 Å². The van der Waals surface area contributed by atoms with Gasteiger partial charge in [-0.1, -0.05) is 18.2 Å². The number of Topliss-reactive ketones (excluding diaryl/α,β-unsaturated/α-hetero) is 1. The number of nitrogens with one attached hydrogen (secondary N) is 1. The number of aromatic nitrogens is 1. The molecule has 1 amide bonds. The van der Waals surface area contributed by atoms with E-state index >= 15 is 0 Å². The highest BCUT2D eigenvalue weighted by atomic mass is 32.1. The zero-order chi connectivity index (χ0) is 20.1. The minimum atomic E-state index is -0.997. The lowest BCUT2D eigenvalue weighted by Crippen LogP contribution is -2.31. The predicted molar refractivity (Wildman–Crippen MR) is 110 cm³/mol. The fourth-order valence-electron chi connectivity index (χ4n) is 2.48. The van der Waals surface area contributed by atoms with Crippen molar-refractivity contribution in [2.75, 3.05) is 5.32 Å². The Morgan fingerprint density at radius 3 is 2.64 bits per heavy atom. The van der Waals surface area contributed by atoms with E-state index < -0.39 is 18.0 Å². The number of thiophene rings is 1. The smallest absolute Gasteiger partial charge is 0.312 e. The van der Waals surface area contributed by atoms with Gasteiger partial charge in [-0.05, 0) is 37.4 Å². The maximum atomic E-state index is 12.3. The molecular weight excluding hydrogens is 396 g/mol. The van der Waals surface area contributed by atoms with Crippen LogP contribution in [0, 0.1) is 0 Å². The molecule has 0 fully saturated rings. The Kier molecular flexibility index (Phi) is 6.33. The molecule has 1 aromatic carbocycles. The van der Waals surface area contributed by atoms with E-state index in [1.807, 2.05) is 22.9 Å². The Balaban J connectivity index is 1.57. The molecule has 0 aliphatic rings. The Morgan fingerprint density at radius 2 is 1.93 bits per heavy atom. The molecule has 28 heavy (non-hydrogen) atoms. The van der Waals surface area contributed by atoms with Crippen LogP contribution in [0.1, 0.15) is 29.9 Å². The highest BCUT2D eigenvalue weighted by Crippen LogP contribution is 2.28. The summed E-state index contributed by atoms with van der Waals surface area (Å²) in [6, 6.07) is 10.6. The molecule has 0 bridgehead atoms. The number of amides is 1. The third kappa shape index (κ3) is 4.90. The lowest BCUT2D eigenvalue weighted by molar-refractivity contribution is -0.152. The fraction of sp³-hybridized carbons (Fsp3) is 0.200. The zero-order valence-corrected chi connectivity index (χ0v) is 16.9. The SMILES string of the molecule is CC(=O)c1ccccc1NC(=O)C(C)OC(=O)Cc1csc(-c2cccs2)n1. The average molecular weight is 415 g/mol. The first-order valence-electron chi connectivity index (χ1n) is 8.52. The number of hydrogen-bond donors (Lipinski definition) is 1. The molecule has 0 aliphatic carbocycles. The first-order chi connectivity index (χ1) is 13.4. The van der Waals surface area contributed by atoms with Crippen LogP contribution in [-0.4, -0.2) is 28.7 Å². The van der Waals surface area contributed by atoms with Crippen LogP contribution >= 0.6 is 22.7 Å². The first-order valence-corrected chi connectivity index (χ1v) is 10.3. The number of benzene rings is 1. The summed E-state index contributed by atoms with van der Waals surface area (Å²) in [7, 11) is 0. The number of esters is 1. The summed E-state index contributed by atoms with van der Waals surface area (Å²) in [5.74, 6) is -1.20. The van der Waals surface area contributed by atoms with Crippen LogP contribution in [0.5, 0.6) is 0 Å². The van der Waals surface area contributed by atoms with Gasteiger partial charge in [0.1, 0.15) is 5.01 Å². The molecule has 1 unspecified atom stereocenters. The maximum Gasteiger partial charge on any atom is 0.312 e. The molecule has 2 heterocycles. The van der Waals surface area contributed by atoms with Gasteiger partial charge >= 0.3 is 5.97 Å². The number of nitrogens with zero attached hydrogens (tertiary/aromatic N) is 1. The molecule has 0 saturated carbocycles. The van der Waals surface area contributed by atoms with E-state index in [0.29, 0.717) is 16.9 Å². The monoisotopic (exact) mass is 414 g/mol. The lowest BCUT2D eigenvalue weighted by atomic mass is 10.1. The van der Waals surface area contributed by atoms with Gasteiger partial charge in [0.15, 0.2) is 11.9 Å². The molecule has 3 aromatic rings. The van der Waals surface area contributed by atoms with Gasteiger partial charge in [0, 0.05) is 10.9 Å². The number of para-hydroxylation sites is 1. The zero-order valence-electron chi connectivity index (χ0n) is 15.3. The molecule has 0 radical (unpaired) electrons. The lowest BCUT2D eigenvalue weighted by Gasteiger charge is -2.14. The summed E-state index contributed by atoms with van der Waals surface area (Å²) in [6.45, 7) is 2.91. The summed E-state index contributed by atoms with van der Waals surface area (Å²) in [5, 5.41) is 7.26. The fourth-order valence-corrected chi connectivity index (χ4v) is 4.11. The van der Waals surface area contributed by atoms with Crippen LogP contribution in [-0.2, 0) is 20.7 Å². The highest BCUT2D eigenvalue weighted by Gasteiger charge is 2.20. The van der Waals surface area contributed by atoms with E-state index in [-0.39, 0.29) is 12.2 Å². The van der Waals surface area contributed by atoms with Gasteiger partial charge in [-0.2, -0.15) is 0 Å². The van der Waals surface area contributed by atoms with Crippen LogP contribution in [0.3, 0.4) is 0 Å². The van der Waals surface area contributed by atoms with Crippen LogP contribution in [0.25, 0.3) is 9.88 Å².